The second-order valence-corrected chi connectivity index (χ2v) is 7.51. The second-order valence-electron chi connectivity index (χ2n) is 5.68. The minimum atomic E-state index is -0.471. The van der Waals surface area contributed by atoms with Gasteiger partial charge in [-0.1, -0.05) is 53.2 Å². The van der Waals surface area contributed by atoms with Crippen LogP contribution in [-0.4, -0.2) is 23.8 Å². The number of nitrogens with zero attached hydrogens (tertiary/aromatic N) is 1. The van der Waals surface area contributed by atoms with Crippen molar-refractivity contribution in [3.8, 4) is 0 Å². The predicted octanol–water partition coefficient (Wildman–Crippen LogP) is 5.08. The number of benzene rings is 2. The molecule has 1 aromatic heterocycles. The van der Waals surface area contributed by atoms with Crippen LogP contribution in [0.4, 0.5) is 5.69 Å². The molecule has 0 aliphatic heterocycles. The molecule has 0 atom stereocenters. The van der Waals surface area contributed by atoms with Gasteiger partial charge in [0.2, 0.25) is 5.91 Å². The predicted molar refractivity (Wildman–Crippen MR) is 116 cm³/mol. The summed E-state index contributed by atoms with van der Waals surface area (Å²) in [4.78, 5) is 24.0. The first kappa shape index (κ1) is 21.0. The number of nitrogens with one attached hydrogen (secondary N) is 2. The van der Waals surface area contributed by atoms with Crippen molar-refractivity contribution in [3.05, 3.63) is 82.0 Å². The van der Waals surface area contributed by atoms with E-state index in [1.807, 2.05) is 30.3 Å². The molecule has 29 heavy (non-hydrogen) atoms. The third-order valence-electron chi connectivity index (χ3n) is 3.54. The summed E-state index contributed by atoms with van der Waals surface area (Å²) in [6.45, 7) is 0. The summed E-state index contributed by atoms with van der Waals surface area (Å²) in [6, 6.07) is 17.2. The molecular formula is C20H15Cl2N3O3S. The molecule has 0 spiro atoms. The van der Waals surface area contributed by atoms with Crippen molar-refractivity contribution >= 4 is 58.7 Å². The number of carbonyl (C=O) groups is 2. The molecule has 0 unspecified atom stereocenters. The van der Waals surface area contributed by atoms with Crippen LogP contribution < -0.4 is 10.7 Å². The molecule has 148 valence electrons. The quantitative estimate of drug-likeness (QED) is 0.300. The highest BCUT2D eigenvalue weighted by molar-refractivity contribution is 7.99. The number of thioether (sulfide) groups is 1. The van der Waals surface area contributed by atoms with Gasteiger partial charge in [0.25, 0.3) is 5.91 Å². The van der Waals surface area contributed by atoms with E-state index in [4.69, 9.17) is 27.6 Å². The summed E-state index contributed by atoms with van der Waals surface area (Å²) in [5.74, 6) is 0.0187. The topological polar surface area (TPSA) is 83.7 Å². The van der Waals surface area contributed by atoms with Gasteiger partial charge < -0.3 is 9.73 Å². The van der Waals surface area contributed by atoms with E-state index in [0.29, 0.717) is 15.9 Å². The van der Waals surface area contributed by atoms with Crippen molar-refractivity contribution in [2.45, 2.75) is 5.09 Å². The number of halogens is 2. The molecule has 0 radical (unpaired) electrons. The van der Waals surface area contributed by atoms with Crippen molar-refractivity contribution in [1.82, 2.24) is 5.43 Å². The first-order chi connectivity index (χ1) is 14.0. The zero-order valence-electron chi connectivity index (χ0n) is 14.9. The van der Waals surface area contributed by atoms with Crippen LogP contribution in [0.25, 0.3) is 0 Å². The Bertz CT molecular complexity index is 1040. The summed E-state index contributed by atoms with van der Waals surface area (Å²) >= 11 is 13.0. The molecule has 2 aromatic carbocycles. The third-order valence-corrected chi connectivity index (χ3v) is 5.00. The molecule has 0 fully saturated rings. The lowest BCUT2D eigenvalue weighted by molar-refractivity contribution is -0.113. The number of hydrazone groups is 1. The number of hydrogen-bond donors (Lipinski definition) is 2. The molecule has 2 amide bonds. The highest BCUT2D eigenvalue weighted by Crippen LogP contribution is 2.22. The standard InChI is InChI=1S/C20H15Cl2N3O3S/c21-13-6-8-16(17(22)10-13)20(27)25-23-11-15-7-9-19(28-15)29-12-18(26)24-14-4-2-1-3-5-14/h1-11H,12H2,(H,24,26)(H,25,27)/b23-11+. The Labute approximate surface area is 181 Å². The Morgan fingerprint density at radius 3 is 2.62 bits per heavy atom. The molecule has 0 aliphatic rings. The van der Waals surface area contributed by atoms with Gasteiger partial charge in [-0.3, -0.25) is 9.59 Å². The van der Waals surface area contributed by atoms with Crippen molar-refractivity contribution in [1.29, 1.82) is 0 Å². The molecule has 2 N–H and O–H groups in total. The van der Waals surface area contributed by atoms with Gasteiger partial charge in [-0.2, -0.15) is 5.10 Å². The average molecular weight is 448 g/mol. The average Bonchev–Trinajstić information content (AvgIpc) is 3.15. The Morgan fingerprint density at radius 1 is 1.07 bits per heavy atom. The fourth-order valence-electron chi connectivity index (χ4n) is 2.22. The second kappa shape index (κ2) is 10.2. The first-order valence-corrected chi connectivity index (χ1v) is 10.1. The summed E-state index contributed by atoms with van der Waals surface area (Å²) in [5.41, 5.74) is 3.36. The van der Waals surface area contributed by atoms with Gasteiger partial charge in [-0.05, 0) is 42.5 Å². The fraction of sp³-hybridized carbons (Fsp3) is 0.0500. The monoisotopic (exact) mass is 447 g/mol. The van der Waals surface area contributed by atoms with Gasteiger partial charge in [0, 0.05) is 10.7 Å². The van der Waals surface area contributed by atoms with Crippen LogP contribution in [0.5, 0.6) is 0 Å². The number of furan rings is 1. The molecular weight excluding hydrogens is 433 g/mol. The maximum absolute atomic E-state index is 12.1. The van der Waals surface area contributed by atoms with Gasteiger partial charge in [-0.15, -0.1) is 0 Å². The third kappa shape index (κ3) is 6.39. The zero-order chi connectivity index (χ0) is 20.6. The van der Waals surface area contributed by atoms with E-state index in [9.17, 15) is 9.59 Å². The summed E-state index contributed by atoms with van der Waals surface area (Å²) in [7, 11) is 0. The summed E-state index contributed by atoms with van der Waals surface area (Å²) in [6.07, 6.45) is 1.36. The van der Waals surface area contributed by atoms with E-state index in [-0.39, 0.29) is 22.2 Å². The van der Waals surface area contributed by atoms with Gasteiger partial charge in [-0.25, -0.2) is 5.43 Å². The lowest BCUT2D eigenvalue weighted by Crippen LogP contribution is -2.17. The lowest BCUT2D eigenvalue weighted by atomic mass is 10.2. The van der Waals surface area contributed by atoms with Crippen molar-refractivity contribution < 1.29 is 14.0 Å². The van der Waals surface area contributed by atoms with Gasteiger partial charge in [0.15, 0.2) is 5.09 Å². The molecule has 6 nitrogen and oxygen atoms in total. The van der Waals surface area contributed by atoms with E-state index in [0.717, 1.165) is 5.69 Å². The number of amides is 2. The Kier molecular flexibility index (Phi) is 7.35. The van der Waals surface area contributed by atoms with E-state index in [1.54, 1.807) is 18.2 Å². The van der Waals surface area contributed by atoms with E-state index >= 15 is 0 Å². The lowest BCUT2D eigenvalue weighted by Gasteiger charge is -2.03. The number of anilines is 1. The molecule has 0 bridgehead atoms. The van der Waals surface area contributed by atoms with Crippen LogP contribution in [0.15, 0.2) is 75.3 Å². The number of rotatable bonds is 7. The number of hydrogen-bond acceptors (Lipinski definition) is 5. The van der Waals surface area contributed by atoms with Crippen LogP contribution in [-0.2, 0) is 4.79 Å². The Morgan fingerprint density at radius 2 is 1.86 bits per heavy atom. The normalized spacial score (nSPS) is 10.8. The first-order valence-electron chi connectivity index (χ1n) is 8.37. The highest BCUT2D eigenvalue weighted by Gasteiger charge is 2.10. The van der Waals surface area contributed by atoms with Crippen molar-refractivity contribution in [2.75, 3.05) is 11.1 Å². The van der Waals surface area contributed by atoms with Crippen LogP contribution in [0.2, 0.25) is 10.0 Å². The Hall–Kier alpha value is -2.74. The van der Waals surface area contributed by atoms with Crippen molar-refractivity contribution in [2.24, 2.45) is 5.10 Å². The Balaban J connectivity index is 1.48. The molecule has 3 rings (SSSR count). The van der Waals surface area contributed by atoms with E-state index < -0.39 is 5.91 Å². The molecule has 0 saturated carbocycles. The largest absolute Gasteiger partial charge is 0.449 e. The van der Waals surface area contributed by atoms with Gasteiger partial charge in [0.05, 0.1) is 22.6 Å². The van der Waals surface area contributed by atoms with Crippen LogP contribution in [0.3, 0.4) is 0 Å². The van der Waals surface area contributed by atoms with Gasteiger partial charge >= 0.3 is 0 Å². The minimum Gasteiger partial charge on any atom is -0.449 e. The molecule has 0 aliphatic carbocycles. The van der Waals surface area contributed by atoms with E-state index in [2.05, 4.69) is 15.8 Å². The summed E-state index contributed by atoms with van der Waals surface area (Å²) < 4.78 is 5.55. The maximum atomic E-state index is 12.1. The zero-order valence-corrected chi connectivity index (χ0v) is 17.2. The molecule has 1 heterocycles. The van der Waals surface area contributed by atoms with Crippen LogP contribution in [0.1, 0.15) is 16.1 Å². The van der Waals surface area contributed by atoms with Crippen molar-refractivity contribution in [3.63, 3.8) is 0 Å². The maximum Gasteiger partial charge on any atom is 0.272 e. The highest BCUT2D eigenvalue weighted by atomic mass is 35.5. The smallest absolute Gasteiger partial charge is 0.272 e. The SMILES string of the molecule is O=C(CSc1ccc(/C=N/NC(=O)c2ccc(Cl)cc2Cl)o1)Nc1ccccc1. The molecule has 9 heteroatoms. The van der Waals surface area contributed by atoms with Crippen LogP contribution >= 0.6 is 35.0 Å². The van der Waals surface area contributed by atoms with E-state index in [1.165, 1.54) is 30.1 Å². The summed E-state index contributed by atoms with van der Waals surface area (Å²) in [5, 5.41) is 7.87. The van der Waals surface area contributed by atoms with Crippen LogP contribution in [0, 0.1) is 0 Å². The molecule has 3 aromatic rings. The fourth-order valence-corrected chi connectivity index (χ4v) is 3.38. The number of para-hydroxylation sites is 1. The minimum absolute atomic E-state index is 0.139. The van der Waals surface area contributed by atoms with Gasteiger partial charge in [0.1, 0.15) is 5.76 Å². The number of carbonyl (C=O) groups excluding carboxylic acids is 2. The molecule has 0 saturated heterocycles.